The fourth-order valence-corrected chi connectivity index (χ4v) is 1.92. The highest BCUT2D eigenvalue weighted by Crippen LogP contribution is 2.37. The lowest BCUT2D eigenvalue weighted by Crippen LogP contribution is -1.82. The lowest BCUT2D eigenvalue weighted by molar-refractivity contribution is 0.476. The largest absolute Gasteiger partial charge is 0.506 e. The van der Waals surface area contributed by atoms with Crippen molar-refractivity contribution >= 4 is 50.0 Å². The van der Waals surface area contributed by atoms with Crippen molar-refractivity contribution in [3.63, 3.8) is 0 Å². The van der Waals surface area contributed by atoms with Crippen molar-refractivity contribution in [3.05, 3.63) is 32.8 Å². The van der Waals surface area contributed by atoms with Crippen LogP contribution in [0.25, 0.3) is 10.9 Å². The summed E-state index contributed by atoms with van der Waals surface area (Å²) >= 11 is 15.0. The second-order valence-corrected chi connectivity index (χ2v) is 4.42. The monoisotopic (exact) mass is 291 g/mol. The van der Waals surface area contributed by atoms with E-state index in [1.54, 1.807) is 6.20 Å². The van der Waals surface area contributed by atoms with Gasteiger partial charge in [0.15, 0.2) is 0 Å². The molecular formula is C9H4BrCl2NO. The summed E-state index contributed by atoms with van der Waals surface area (Å²) in [5.74, 6) is -0.0379. The number of rotatable bonds is 0. The van der Waals surface area contributed by atoms with Crippen LogP contribution in [0.4, 0.5) is 0 Å². The Labute approximate surface area is 98.6 Å². The molecule has 0 atom stereocenters. The van der Waals surface area contributed by atoms with Crippen LogP contribution in [-0.4, -0.2) is 10.1 Å². The summed E-state index contributed by atoms with van der Waals surface area (Å²) in [6.45, 7) is 0. The molecule has 0 aliphatic rings. The van der Waals surface area contributed by atoms with Gasteiger partial charge in [-0.05, 0) is 28.1 Å². The molecule has 1 N–H and O–H groups in total. The van der Waals surface area contributed by atoms with Crippen molar-refractivity contribution in [1.82, 2.24) is 4.98 Å². The zero-order chi connectivity index (χ0) is 10.3. The SMILES string of the molecule is Oc1cc2cc(Br)cnc2c(Cl)c1Cl. The van der Waals surface area contributed by atoms with Gasteiger partial charge in [0.25, 0.3) is 0 Å². The second kappa shape index (κ2) is 3.57. The fourth-order valence-electron chi connectivity index (χ4n) is 1.18. The van der Waals surface area contributed by atoms with Crippen LogP contribution in [0.15, 0.2) is 22.8 Å². The predicted molar refractivity (Wildman–Crippen MR) is 61.1 cm³/mol. The molecule has 0 bridgehead atoms. The molecule has 0 spiro atoms. The topological polar surface area (TPSA) is 33.1 Å². The molecule has 0 amide bonds. The van der Waals surface area contributed by atoms with E-state index < -0.39 is 0 Å². The highest BCUT2D eigenvalue weighted by Gasteiger charge is 2.10. The first-order valence-corrected chi connectivity index (χ1v) is 5.26. The number of nitrogens with zero attached hydrogens (tertiary/aromatic N) is 1. The summed E-state index contributed by atoms with van der Waals surface area (Å²) in [6, 6.07) is 3.34. The number of phenolic OH excluding ortho intramolecular Hbond substituents is 1. The van der Waals surface area contributed by atoms with E-state index >= 15 is 0 Å². The Morgan fingerprint density at radius 1 is 1.21 bits per heavy atom. The molecule has 2 nitrogen and oxygen atoms in total. The fraction of sp³-hybridized carbons (Fsp3) is 0. The van der Waals surface area contributed by atoms with Gasteiger partial charge in [-0.1, -0.05) is 23.2 Å². The molecule has 0 aliphatic heterocycles. The number of aromatic nitrogens is 1. The van der Waals surface area contributed by atoms with E-state index in [4.69, 9.17) is 23.2 Å². The number of hydrogen-bond acceptors (Lipinski definition) is 2. The number of halogens is 3. The highest BCUT2D eigenvalue weighted by atomic mass is 79.9. The van der Waals surface area contributed by atoms with Gasteiger partial charge in [-0.2, -0.15) is 0 Å². The lowest BCUT2D eigenvalue weighted by atomic mass is 10.2. The standard InChI is InChI=1S/C9H4BrCl2NO/c10-5-1-4-2-6(14)7(11)8(12)9(4)13-3-5/h1-3,14H. The Bertz CT molecular complexity index is 516. The van der Waals surface area contributed by atoms with E-state index in [0.717, 1.165) is 9.86 Å². The van der Waals surface area contributed by atoms with E-state index in [-0.39, 0.29) is 15.8 Å². The average molecular weight is 293 g/mol. The van der Waals surface area contributed by atoms with Crippen LogP contribution in [0, 0.1) is 0 Å². The van der Waals surface area contributed by atoms with Gasteiger partial charge in [-0.15, -0.1) is 0 Å². The van der Waals surface area contributed by atoms with Crippen LogP contribution in [0.2, 0.25) is 10.0 Å². The van der Waals surface area contributed by atoms with Gasteiger partial charge in [0.05, 0.1) is 10.5 Å². The van der Waals surface area contributed by atoms with E-state index in [9.17, 15) is 5.11 Å². The lowest BCUT2D eigenvalue weighted by Gasteiger charge is -2.04. The Morgan fingerprint density at radius 3 is 2.64 bits per heavy atom. The number of fused-ring (bicyclic) bond motifs is 1. The summed E-state index contributed by atoms with van der Waals surface area (Å²) in [7, 11) is 0. The minimum Gasteiger partial charge on any atom is -0.506 e. The average Bonchev–Trinajstić information content (AvgIpc) is 2.14. The van der Waals surface area contributed by atoms with Gasteiger partial charge in [-0.25, -0.2) is 0 Å². The predicted octanol–water partition coefficient (Wildman–Crippen LogP) is 4.01. The third kappa shape index (κ3) is 1.56. The molecular weight excluding hydrogens is 289 g/mol. The summed E-state index contributed by atoms with van der Waals surface area (Å²) < 4.78 is 0.822. The molecule has 5 heteroatoms. The second-order valence-electron chi connectivity index (χ2n) is 2.75. The molecule has 1 heterocycles. The van der Waals surface area contributed by atoms with Crippen molar-refractivity contribution in [2.24, 2.45) is 0 Å². The molecule has 0 saturated heterocycles. The number of phenols is 1. The molecule has 2 rings (SSSR count). The molecule has 0 unspecified atom stereocenters. The van der Waals surface area contributed by atoms with Gasteiger partial charge in [-0.3, -0.25) is 4.98 Å². The normalized spacial score (nSPS) is 10.8. The molecule has 1 aromatic heterocycles. The summed E-state index contributed by atoms with van der Waals surface area (Å²) in [4.78, 5) is 4.11. The van der Waals surface area contributed by atoms with Crippen LogP contribution in [0.5, 0.6) is 5.75 Å². The number of pyridine rings is 1. The summed E-state index contributed by atoms with van der Waals surface area (Å²) in [6.07, 6.45) is 1.63. The van der Waals surface area contributed by atoms with E-state index in [1.807, 2.05) is 6.07 Å². The molecule has 1 aromatic carbocycles. The van der Waals surface area contributed by atoms with Gasteiger partial charge >= 0.3 is 0 Å². The first kappa shape index (κ1) is 10.0. The summed E-state index contributed by atoms with van der Waals surface area (Å²) in [5.41, 5.74) is 0.581. The molecule has 14 heavy (non-hydrogen) atoms. The maximum Gasteiger partial charge on any atom is 0.136 e. The molecule has 72 valence electrons. The quantitative estimate of drug-likeness (QED) is 0.796. The Morgan fingerprint density at radius 2 is 1.93 bits per heavy atom. The third-order valence-electron chi connectivity index (χ3n) is 1.80. The highest BCUT2D eigenvalue weighted by molar-refractivity contribution is 9.10. The van der Waals surface area contributed by atoms with Crippen molar-refractivity contribution in [1.29, 1.82) is 0 Å². The van der Waals surface area contributed by atoms with Crippen molar-refractivity contribution in [2.45, 2.75) is 0 Å². The van der Waals surface area contributed by atoms with Gasteiger partial charge in [0.2, 0.25) is 0 Å². The molecule has 0 saturated carbocycles. The molecule has 0 fully saturated rings. The van der Waals surface area contributed by atoms with Crippen molar-refractivity contribution < 1.29 is 5.11 Å². The Hall–Kier alpha value is -0.510. The van der Waals surface area contributed by atoms with E-state index in [1.165, 1.54) is 6.07 Å². The van der Waals surface area contributed by atoms with Gasteiger partial charge in [0, 0.05) is 16.1 Å². The van der Waals surface area contributed by atoms with Crippen LogP contribution >= 0.6 is 39.1 Å². The zero-order valence-electron chi connectivity index (χ0n) is 6.76. The van der Waals surface area contributed by atoms with Crippen molar-refractivity contribution in [2.75, 3.05) is 0 Å². The van der Waals surface area contributed by atoms with Crippen LogP contribution in [-0.2, 0) is 0 Å². The maximum atomic E-state index is 9.43. The van der Waals surface area contributed by atoms with Crippen LogP contribution < -0.4 is 0 Å². The summed E-state index contributed by atoms with van der Waals surface area (Å²) in [5, 5.41) is 10.6. The molecule has 0 aliphatic carbocycles. The van der Waals surface area contributed by atoms with Crippen LogP contribution in [0.3, 0.4) is 0 Å². The maximum absolute atomic E-state index is 9.43. The third-order valence-corrected chi connectivity index (χ3v) is 3.08. The van der Waals surface area contributed by atoms with E-state index in [0.29, 0.717) is 5.52 Å². The number of hydrogen-bond donors (Lipinski definition) is 1. The van der Waals surface area contributed by atoms with Gasteiger partial charge in [0.1, 0.15) is 10.8 Å². The number of benzene rings is 1. The Balaban J connectivity index is 2.91. The number of aromatic hydroxyl groups is 1. The molecule has 2 aromatic rings. The zero-order valence-corrected chi connectivity index (χ0v) is 9.86. The van der Waals surface area contributed by atoms with Crippen LogP contribution in [0.1, 0.15) is 0 Å². The first-order chi connectivity index (χ1) is 6.59. The first-order valence-electron chi connectivity index (χ1n) is 3.72. The minimum atomic E-state index is -0.0379. The minimum absolute atomic E-state index is 0.0379. The van der Waals surface area contributed by atoms with Crippen molar-refractivity contribution in [3.8, 4) is 5.75 Å². The molecule has 0 radical (unpaired) electrons. The smallest absolute Gasteiger partial charge is 0.136 e. The Kier molecular flexibility index (Phi) is 2.56. The van der Waals surface area contributed by atoms with Gasteiger partial charge < -0.3 is 5.11 Å². The van der Waals surface area contributed by atoms with E-state index in [2.05, 4.69) is 20.9 Å².